The summed E-state index contributed by atoms with van der Waals surface area (Å²) in [6.07, 6.45) is 2.05. The Morgan fingerprint density at radius 1 is 1.64 bits per heavy atom. The average Bonchev–Trinajstić information content (AvgIpc) is 2.18. The minimum absolute atomic E-state index is 0. The Morgan fingerprint density at radius 2 is 2.21 bits per heavy atom. The van der Waals surface area contributed by atoms with Crippen molar-refractivity contribution in [2.45, 2.75) is 26.3 Å². The molecular formula is C9H10NNaO3. The Morgan fingerprint density at radius 3 is 2.57 bits per heavy atom. The fraction of sp³-hybridized carbons (Fsp3) is 0.556. The Balaban J connectivity index is 0.000000980. The maximum atomic E-state index is 11.1. The van der Waals surface area contributed by atoms with E-state index in [0.717, 1.165) is 0 Å². The molecule has 14 heavy (non-hydrogen) atoms. The molecular weight excluding hydrogens is 193 g/mol. The van der Waals surface area contributed by atoms with Gasteiger partial charge in [-0.15, -0.1) is 0 Å². The van der Waals surface area contributed by atoms with Crippen LogP contribution in [0.5, 0.6) is 0 Å². The number of hydrogen-bond donors (Lipinski definition) is 0. The van der Waals surface area contributed by atoms with Gasteiger partial charge in [0.15, 0.2) is 0 Å². The molecule has 70 valence electrons. The van der Waals surface area contributed by atoms with Crippen LogP contribution in [-0.4, -0.2) is 22.8 Å². The molecule has 4 nitrogen and oxygen atoms in total. The summed E-state index contributed by atoms with van der Waals surface area (Å²) in [4.78, 5) is 23.1. The van der Waals surface area contributed by atoms with Gasteiger partial charge < -0.3 is 14.8 Å². The third kappa shape index (κ3) is 1.42. The summed E-state index contributed by atoms with van der Waals surface area (Å²) in [6, 6.07) is 0.0212. The van der Waals surface area contributed by atoms with E-state index in [0.29, 0.717) is 6.42 Å². The average molecular weight is 203 g/mol. The predicted octanol–water partition coefficient (Wildman–Crippen LogP) is -3.74. The van der Waals surface area contributed by atoms with Crippen molar-refractivity contribution in [3.8, 4) is 0 Å². The van der Waals surface area contributed by atoms with Crippen molar-refractivity contribution in [1.82, 2.24) is 4.90 Å². The van der Waals surface area contributed by atoms with Crippen LogP contribution in [-0.2, 0) is 9.59 Å². The summed E-state index contributed by atoms with van der Waals surface area (Å²) in [7, 11) is 0. The molecule has 0 saturated carbocycles. The molecule has 1 fully saturated rings. The van der Waals surface area contributed by atoms with Crippen LogP contribution in [0.15, 0.2) is 11.8 Å². The van der Waals surface area contributed by atoms with Gasteiger partial charge >= 0.3 is 29.6 Å². The van der Waals surface area contributed by atoms with Crippen LogP contribution in [0, 0.1) is 5.41 Å². The van der Waals surface area contributed by atoms with Crippen molar-refractivity contribution in [1.29, 1.82) is 0 Å². The number of β-lactam (4-membered cyclic amide) rings is 1. The number of carbonyl (C=O) groups is 2. The van der Waals surface area contributed by atoms with Crippen LogP contribution < -0.4 is 34.7 Å². The van der Waals surface area contributed by atoms with Crippen molar-refractivity contribution in [2.24, 2.45) is 5.41 Å². The molecule has 1 saturated heterocycles. The molecule has 0 spiro atoms. The molecule has 2 rings (SSSR count). The number of carbonyl (C=O) groups excluding carboxylic acids is 2. The van der Waals surface area contributed by atoms with Gasteiger partial charge in [0.2, 0.25) is 5.91 Å². The molecule has 0 unspecified atom stereocenters. The van der Waals surface area contributed by atoms with Gasteiger partial charge in [-0.1, -0.05) is 19.9 Å². The van der Waals surface area contributed by atoms with E-state index < -0.39 is 5.97 Å². The van der Waals surface area contributed by atoms with Crippen LogP contribution in [0.3, 0.4) is 0 Å². The van der Waals surface area contributed by atoms with Crippen molar-refractivity contribution in [2.75, 3.05) is 0 Å². The van der Waals surface area contributed by atoms with Crippen molar-refractivity contribution in [3.05, 3.63) is 11.8 Å². The van der Waals surface area contributed by atoms with Crippen molar-refractivity contribution in [3.63, 3.8) is 0 Å². The van der Waals surface area contributed by atoms with E-state index in [1.165, 1.54) is 4.90 Å². The maximum absolute atomic E-state index is 11.1. The Hall–Kier alpha value is -0.320. The van der Waals surface area contributed by atoms with Crippen LogP contribution in [0.2, 0.25) is 0 Å². The van der Waals surface area contributed by atoms with Gasteiger partial charge in [-0.05, 0) is 0 Å². The number of nitrogens with zero attached hydrogens (tertiary/aromatic N) is 1. The number of carboxylic acid groups (broad SMARTS) is 1. The van der Waals surface area contributed by atoms with Crippen molar-refractivity contribution >= 4 is 11.9 Å². The monoisotopic (exact) mass is 203 g/mol. The van der Waals surface area contributed by atoms with E-state index in [-0.39, 0.29) is 52.6 Å². The Bertz CT molecular complexity index is 335. The third-order valence-electron chi connectivity index (χ3n) is 2.78. The first-order valence-electron chi connectivity index (χ1n) is 4.20. The van der Waals surface area contributed by atoms with E-state index in [1.54, 1.807) is 6.08 Å². The zero-order chi connectivity index (χ0) is 9.80. The fourth-order valence-electron chi connectivity index (χ4n) is 1.99. The molecule has 0 aromatic heterocycles. The summed E-state index contributed by atoms with van der Waals surface area (Å²) in [5.74, 6) is -1.38. The van der Waals surface area contributed by atoms with E-state index in [2.05, 4.69) is 0 Å². The molecule has 0 aromatic carbocycles. The molecule has 2 aliphatic rings. The van der Waals surface area contributed by atoms with Crippen LogP contribution in [0.1, 0.15) is 20.3 Å². The normalized spacial score (nSPS) is 27.3. The van der Waals surface area contributed by atoms with Gasteiger partial charge in [0.1, 0.15) is 0 Å². The molecule has 0 N–H and O–H groups in total. The van der Waals surface area contributed by atoms with E-state index in [1.807, 2.05) is 13.8 Å². The van der Waals surface area contributed by atoms with Gasteiger partial charge in [0.05, 0.1) is 17.7 Å². The molecule has 2 heterocycles. The summed E-state index contributed by atoms with van der Waals surface area (Å²) >= 11 is 0. The van der Waals surface area contributed by atoms with Gasteiger partial charge in [-0.3, -0.25) is 4.79 Å². The van der Waals surface area contributed by atoms with Gasteiger partial charge in [-0.25, -0.2) is 0 Å². The predicted molar refractivity (Wildman–Crippen MR) is 42.1 cm³/mol. The zero-order valence-corrected chi connectivity index (χ0v) is 10.5. The minimum atomic E-state index is -1.26. The summed E-state index contributed by atoms with van der Waals surface area (Å²) in [5, 5.41) is 10.7. The van der Waals surface area contributed by atoms with Gasteiger partial charge in [-0.2, -0.15) is 0 Å². The van der Waals surface area contributed by atoms with Crippen LogP contribution in [0.4, 0.5) is 0 Å². The second-order valence-corrected chi connectivity index (χ2v) is 4.12. The Kier molecular flexibility index (Phi) is 2.82. The number of hydrogen-bond acceptors (Lipinski definition) is 3. The van der Waals surface area contributed by atoms with Gasteiger partial charge in [0, 0.05) is 11.8 Å². The van der Waals surface area contributed by atoms with E-state index in [9.17, 15) is 14.7 Å². The third-order valence-corrected chi connectivity index (χ3v) is 2.78. The zero-order valence-electron chi connectivity index (χ0n) is 8.53. The molecule has 0 bridgehead atoms. The largest absolute Gasteiger partial charge is 1.00 e. The molecule has 2 aliphatic heterocycles. The summed E-state index contributed by atoms with van der Waals surface area (Å²) in [6.45, 7) is 3.85. The smallest absolute Gasteiger partial charge is 0.543 e. The second-order valence-electron chi connectivity index (χ2n) is 4.12. The van der Waals surface area contributed by atoms with E-state index >= 15 is 0 Å². The molecule has 5 heteroatoms. The maximum Gasteiger partial charge on any atom is 1.00 e. The standard InChI is InChI=1S/C9H11NO3.Na/c1-9(2)4-5(8(12)13)10-6(9)3-7(10)11;/h4,6H,3H2,1-2H3,(H,12,13);/q;+1/p-1/t6-;/m1./s1. The Labute approximate surface area is 104 Å². The van der Waals surface area contributed by atoms with Gasteiger partial charge in [0.25, 0.3) is 0 Å². The summed E-state index contributed by atoms with van der Waals surface area (Å²) in [5.41, 5.74) is -0.199. The first-order valence-corrected chi connectivity index (χ1v) is 4.20. The summed E-state index contributed by atoms with van der Waals surface area (Å²) < 4.78 is 0. The molecule has 0 radical (unpaired) electrons. The first-order chi connectivity index (χ1) is 5.93. The SMILES string of the molecule is CC1(C)C=C(C(=O)[O-])N2C(=O)C[C@@H]21.[Na+]. The number of rotatable bonds is 1. The van der Waals surface area contributed by atoms with Crippen molar-refractivity contribution < 1.29 is 44.3 Å². The number of fused-ring (bicyclic) bond motifs is 1. The number of carboxylic acids is 1. The second kappa shape index (κ2) is 3.36. The molecule has 0 aliphatic carbocycles. The first kappa shape index (κ1) is 11.8. The topological polar surface area (TPSA) is 60.4 Å². The fourth-order valence-corrected chi connectivity index (χ4v) is 1.99. The number of amides is 1. The number of aliphatic carboxylic acids is 1. The van der Waals surface area contributed by atoms with Crippen LogP contribution in [0.25, 0.3) is 0 Å². The quantitative estimate of drug-likeness (QED) is 0.325. The molecule has 0 aromatic rings. The van der Waals surface area contributed by atoms with E-state index in [4.69, 9.17) is 0 Å². The van der Waals surface area contributed by atoms with Crippen LogP contribution >= 0.6 is 0 Å². The minimum Gasteiger partial charge on any atom is -0.543 e. The molecule has 1 amide bonds. The molecule has 1 atom stereocenters.